The molecule has 0 aliphatic carbocycles. The van der Waals surface area contributed by atoms with E-state index in [-0.39, 0.29) is 23.5 Å². The lowest BCUT2D eigenvalue weighted by Crippen LogP contribution is -2.34. The van der Waals surface area contributed by atoms with Crippen molar-refractivity contribution in [1.29, 1.82) is 0 Å². The predicted octanol–water partition coefficient (Wildman–Crippen LogP) is 5.90. The highest BCUT2D eigenvalue weighted by Gasteiger charge is 2.27. The summed E-state index contributed by atoms with van der Waals surface area (Å²) in [6.45, 7) is 14.3. The summed E-state index contributed by atoms with van der Waals surface area (Å²) in [5.41, 5.74) is 4.44. The van der Waals surface area contributed by atoms with E-state index < -0.39 is 6.04 Å². The van der Waals surface area contributed by atoms with Gasteiger partial charge in [0, 0.05) is 12.2 Å². The van der Waals surface area contributed by atoms with Crippen molar-refractivity contribution >= 4 is 40.9 Å². The predicted molar refractivity (Wildman–Crippen MR) is 147 cm³/mol. The molecule has 0 bridgehead atoms. The third kappa shape index (κ3) is 6.56. The van der Waals surface area contributed by atoms with Crippen molar-refractivity contribution in [3.63, 3.8) is 0 Å². The van der Waals surface area contributed by atoms with Crippen LogP contribution in [-0.4, -0.2) is 32.3 Å². The van der Waals surface area contributed by atoms with Gasteiger partial charge in [0.15, 0.2) is 11.0 Å². The molecule has 2 aromatic carbocycles. The number of benzene rings is 2. The van der Waals surface area contributed by atoms with Gasteiger partial charge in [0.25, 0.3) is 5.91 Å². The molecule has 0 saturated carbocycles. The van der Waals surface area contributed by atoms with Crippen molar-refractivity contribution in [3.05, 3.63) is 82.2 Å². The quantitative estimate of drug-likeness (QED) is 0.254. The smallest absolute Gasteiger partial charge is 0.253 e. The molecular weight excluding hydrogens is 494 g/mol. The molecule has 0 saturated heterocycles. The normalized spacial score (nSPS) is 11.9. The maximum Gasteiger partial charge on any atom is 0.253 e. The van der Waals surface area contributed by atoms with Crippen LogP contribution in [0.15, 0.2) is 54.2 Å². The van der Waals surface area contributed by atoms with Crippen LogP contribution in [-0.2, 0) is 11.3 Å². The Bertz CT molecular complexity index is 1250. The second-order valence-electron chi connectivity index (χ2n) is 9.03. The van der Waals surface area contributed by atoms with Gasteiger partial charge in [-0.1, -0.05) is 73.1 Å². The molecule has 2 amide bonds. The fourth-order valence-electron chi connectivity index (χ4n) is 4.01. The first-order valence-corrected chi connectivity index (χ1v) is 13.1. The topological polar surface area (TPSA) is 88.9 Å². The molecule has 0 aliphatic rings. The van der Waals surface area contributed by atoms with Gasteiger partial charge in [0.1, 0.15) is 0 Å². The Balaban J connectivity index is 1.78. The minimum atomic E-state index is -0.415. The van der Waals surface area contributed by atoms with Crippen molar-refractivity contribution in [2.24, 2.45) is 5.92 Å². The zero-order valence-corrected chi connectivity index (χ0v) is 22.8. The molecule has 0 radical (unpaired) electrons. The zero-order valence-electron chi connectivity index (χ0n) is 21.3. The van der Waals surface area contributed by atoms with E-state index in [9.17, 15) is 9.59 Å². The summed E-state index contributed by atoms with van der Waals surface area (Å²) < 4.78 is 1.88. The Morgan fingerprint density at radius 3 is 2.42 bits per heavy atom. The molecule has 1 aromatic heterocycles. The van der Waals surface area contributed by atoms with Gasteiger partial charge in [0.05, 0.1) is 22.4 Å². The van der Waals surface area contributed by atoms with E-state index in [1.54, 1.807) is 30.3 Å². The number of nitrogens with one attached hydrogen (secondary N) is 2. The monoisotopic (exact) mass is 525 g/mol. The maximum absolute atomic E-state index is 13.0. The van der Waals surface area contributed by atoms with E-state index in [0.717, 1.165) is 22.4 Å². The van der Waals surface area contributed by atoms with Crippen LogP contribution in [0.3, 0.4) is 0 Å². The molecule has 190 valence electrons. The van der Waals surface area contributed by atoms with Crippen molar-refractivity contribution in [1.82, 2.24) is 20.1 Å². The molecule has 1 atom stereocenters. The second-order valence-corrected chi connectivity index (χ2v) is 10.4. The minimum Gasteiger partial charge on any atom is -0.342 e. The third-order valence-corrected chi connectivity index (χ3v) is 6.98. The number of aromatic nitrogens is 3. The van der Waals surface area contributed by atoms with Crippen molar-refractivity contribution in [3.8, 4) is 0 Å². The number of amides is 2. The van der Waals surface area contributed by atoms with E-state index in [1.807, 2.05) is 51.3 Å². The first-order chi connectivity index (χ1) is 17.1. The van der Waals surface area contributed by atoms with Crippen LogP contribution in [0.5, 0.6) is 0 Å². The Labute approximate surface area is 221 Å². The zero-order chi connectivity index (χ0) is 26.4. The fraction of sp³-hybridized carbons (Fsp3) is 0.333. The van der Waals surface area contributed by atoms with Gasteiger partial charge in [-0.15, -0.1) is 16.8 Å². The van der Waals surface area contributed by atoms with Gasteiger partial charge in [-0.05, 0) is 49.9 Å². The molecule has 7 nitrogen and oxygen atoms in total. The van der Waals surface area contributed by atoms with E-state index in [1.165, 1.54) is 11.8 Å². The molecule has 9 heteroatoms. The summed E-state index contributed by atoms with van der Waals surface area (Å²) in [5.74, 6) is 0.374. The summed E-state index contributed by atoms with van der Waals surface area (Å²) >= 11 is 7.51. The van der Waals surface area contributed by atoms with Crippen molar-refractivity contribution in [2.75, 3.05) is 11.1 Å². The average molecular weight is 526 g/mol. The van der Waals surface area contributed by atoms with E-state index in [2.05, 4.69) is 27.4 Å². The first-order valence-electron chi connectivity index (χ1n) is 11.7. The van der Waals surface area contributed by atoms with E-state index in [0.29, 0.717) is 28.1 Å². The fourth-order valence-corrected chi connectivity index (χ4v) is 4.99. The van der Waals surface area contributed by atoms with Gasteiger partial charge in [-0.3, -0.25) is 9.59 Å². The number of thioether (sulfide) groups is 1. The van der Waals surface area contributed by atoms with Crippen molar-refractivity contribution < 1.29 is 9.59 Å². The summed E-state index contributed by atoms with van der Waals surface area (Å²) in [7, 11) is 0. The van der Waals surface area contributed by atoms with Gasteiger partial charge < -0.3 is 15.2 Å². The van der Waals surface area contributed by atoms with Gasteiger partial charge >= 0.3 is 0 Å². The average Bonchev–Trinajstić information content (AvgIpc) is 3.20. The van der Waals surface area contributed by atoms with Gasteiger partial charge in [-0.25, -0.2) is 0 Å². The Kier molecular flexibility index (Phi) is 9.34. The Morgan fingerprint density at radius 2 is 1.81 bits per heavy atom. The number of aryl methyl sites for hydroxylation is 3. The molecular formula is C27H32ClN5O2S. The molecule has 3 aromatic rings. The molecule has 0 unspecified atom stereocenters. The van der Waals surface area contributed by atoms with E-state index in [4.69, 9.17) is 11.6 Å². The Hall–Kier alpha value is -3.10. The molecule has 36 heavy (non-hydrogen) atoms. The number of anilines is 1. The number of hydrogen-bond acceptors (Lipinski definition) is 5. The molecule has 1 heterocycles. The largest absolute Gasteiger partial charge is 0.342 e. The number of nitrogens with zero attached hydrogens (tertiary/aromatic N) is 3. The molecule has 2 N–H and O–H groups in total. The summed E-state index contributed by atoms with van der Waals surface area (Å²) in [6.07, 6.45) is 1.74. The standard InChI is InChI=1S/C27H32ClN5O2S/c1-7-12-33-25(23(16(2)3)30-26(35)20-10-8-9-11-21(20)28)31-32-27(33)36-15-22(34)29-24-18(5)13-17(4)14-19(24)6/h7-11,13-14,16,23H,1,12,15H2,2-6H3,(H,29,34)(H,30,35)/t23-/m0/s1. The van der Waals surface area contributed by atoms with Gasteiger partial charge in [0.2, 0.25) is 5.91 Å². The summed E-state index contributed by atoms with van der Waals surface area (Å²) in [6, 6.07) is 10.6. The lowest BCUT2D eigenvalue weighted by atomic mass is 10.0. The Morgan fingerprint density at radius 1 is 1.14 bits per heavy atom. The molecule has 0 fully saturated rings. The van der Waals surface area contributed by atoms with Crippen LogP contribution < -0.4 is 10.6 Å². The third-order valence-electron chi connectivity index (χ3n) is 5.68. The van der Waals surface area contributed by atoms with Crippen LogP contribution in [0.25, 0.3) is 0 Å². The van der Waals surface area contributed by atoms with Crippen LogP contribution in [0.2, 0.25) is 5.02 Å². The lowest BCUT2D eigenvalue weighted by molar-refractivity contribution is -0.113. The number of hydrogen-bond donors (Lipinski definition) is 2. The van der Waals surface area contributed by atoms with Crippen LogP contribution >= 0.6 is 23.4 Å². The number of carbonyl (C=O) groups excluding carboxylic acids is 2. The van der Waals surface area contributed by atoms with Gasteiger partial charge in [-0.2, -0.15) is 0 Å². The maximum atomic E-state index is 13.0. The van der Waals surface area contributed by atoms with Crippen LogP contribution in [0.4, 0.5) is 5.69 Å². The number of rotatable bonds is 10. The minimum absolute atomic E-state index is 0.0258. The molecule has 3 rings (SSSR count). The van der Waals surface area contributed by atoms with Crippen LogP contribution in [0, 0.1) is 26.7 Å². The SMILES string of the molecule is C=CCn1c(SCC(=O)Nc2c(C)cc(C)cc2C)nnc1[C@@H](NC(=O)c1ccccc1Cl)C(C)C. The number of carbonyl (C=O) groups is 2. The highest BCUT2D eigenvalue weighted by atomic mass is 35.5. The highest BCUT2D eigenvalue weighted by Crippen LogP contribution is 2.27. The van der Waals surface area contributed by atoms with Crippen molar-refractivity contribution in [2.45, 2.75) is 52.4 Å². The van der Waals surface area contributed by atoms with Crippen LogP contribution in [0.1, 0.15) is 52.8 Å². The number of halogens is 1. The van der Waals surface area contributed by atoms with E-state index >= 15 is 0 Å². The highest BCUT2D eigenvalue weighted by molar-refractivity contribution is 7.99. The summed E-state index contributed by atoms with van der Waals surface area (Å²) in [4.78, 5) is 25.7. The molecule has 0 spiro atoms. The second kappa shape index (κ2) is 12.2. The number of allylic oxidation sites excluding steroid dienone is 1. The first kappa shape index (κ1) is 27.5. The lowest BCUT2D eigenvalue weighted by Gasteiger charge is -2.23. The molecule has 0 aliphatic heterocycles. The summed E-state index contributed by atoms with van der Waals surface area (Å²) in [5, 5.41) is 15.7.